The van der Waals surface area contributed by atoms with E-state index >= 15 is 0 Å². The van der Waals surface area contributed by atoms with Gasteiger partial charge in [-0.15, -0.1) is 0 Å². The maximum atomic E-state index is 11.5. The Morgan fingerprint density at radius 2 is 1.47 bits per heavy atom. The molecule has 0 amide bonds. The minimum Gasteiger partial charge on any atom is -0.862 e. The largest absolute Gasteiger partial charge is 2.00 e. The molecule has 32 heavy (non-hydrogen) atoms. The number of rotatable bonds is 5. The third kappa shape index (κ3) is 7.75. The number of anilines is 1. The molecule has 2 aromatic rings. The van der Waals surface area contributed by atoms with Crippen molar-refractivity contribution in [3.05, 3.63) is 81.9 Å². The molecule has 164 valence electrons. The Hall–Kier alpha value is -2.18. The quantitative estimate of drug-likeness (QED) is 0.380. The molecule has 7 nitrogen and oxygen atoms in total. The maximum Gasteiger partial charge on any atom is 2.00 e. The van der Waals surface area contributed by atoms with Crippen LogP contribution >= 0.6 is 0 Å². The van der Waals surface area contributed by atoms with Crippen LogP contribution in [0.5, 0.6) is 0 Å². The van der Waals surface area contributed by atoms with Crippen LogP contribution in [-0.4, -0.2) is 35.4 Å². The van der Waals surface area contributed by atoms with Gasteiger partial charge in [0, 0.05) is 30.6 Å². The van der Waals surface area contributed by atoms with Crippen molar-refractivity contribution < 1.29 is 27.3 Å². The Morgan fingerprint density at radius 3 is 2.03 bits per heavy atom. The zero-order valence-electron chi connectivity index (χ0n) is 18.0. The first-order valence-electron chi connectivity index (χ1n) is 9.77. The summed E-state index contributed by atoms with van der Waals surface area (Å²) in [5.41, 5.74) is 1.52. The van der Waals surface area contributed by atoms with E-state index < -0.39 is 5.90 Å². The summed E-state index contributed by atoms with van der Waals surface area (Å²) < 4.78 is 0. The molecule has 1 heterocycles. The summed E-state index contributed by atoms with van der Waals surface area (Å²) in [5, 5.41) is 23.3. The molecule has 0 unspecified atom stereocenters. The van der Waals surface area contributed by atoms with Crippen LogP contribution in [-0.2, 0) is 17.1 Å². The van der Waals surface area contributed by atoms with Crippen molar-refractivity contribution in [3.8, 4) is 0 Å². The van der Waals surface area contributed by atoms with E-state index in [9.17, 15) is 10.2 Å². The van der Waals surface area contributed by atoms with Crippen molar-refractivity contribution in [2.45, 2.75) is 13.8 Å². The van der Waals surface area contributed by atoms with E-state index in [-0.39, 0.29) is 34.7 Å². The van der Waals surface area contributed by atoms with Crippen molar-refractivity contribution in [2.75, 3.05) is 18.5 Å². The Balaban J connectivity index is 0.000000534. The van der Waals surface area contributed by atoms with Crippen LogP contribution in [0.2, 0.25) is 0 Å². The zero-order chi connectivity index (χ0) is 22.2. The monoisotopic (exact) mass is 469 g/mol. The summed E-state index contributed by atoms with van der Waals surface area (Å²) in [7, 11) is 1.98. The van der Waals surface area contributed by atoms with Crippen molar-refractivity contribution in [1.29, 1.82) is 0 Å². The Kier molecular flexibility index (Phi) is 10.4. The Labute approximate surface area is 201 Å². The smallest absolute Gasteiger partial charge is 0.862 e. The van der Waals surface area contributed by atoms with Gasteiger partial charge in [0.05, 0.1) is 5.52 Å². The molecule has 2 fully saturated rings. The van der Waals surface area contributed by atoms with Gasteiger partial charge in [0.25, 0.3) is 5.95 Å². The normalized spacial score (nSPS) is 17.1. The minimum atomic E-state index is -0.413. The van der Waals surface area contributed by atoms with Gasteiger partial charge in [0.1, 0.15) is 0 Å². The van der Waals surface area contributed by atoms with Gasteiger partial charge < -0.3 is 15.1 Å². The first-order valence-corrected chi connectivity index (χ1v) is 9.77. The van der Waals surface area contributed by atoms with Gasteiger partial charge in [0.15, 0.2) is 5.82 Å². The van der Waals surface area contributed by atoms with Gasteiger partial charge >= 0.3 is 17.1 Å². The van der Waals surface area contributed by atoms with E-state index in [1.54, 1.807) is 0 Å². The molecule has 1 aromatic heterocycles. The molecule has 0 atom stereocenters. The van der Waals surface area contributed by atoms with Crippen LogP contribution in [0.3, 0.4) is 0 Å². The summed E-state index contributed by atoms with van der Waals surface area (Å²) >= 11 is 0. The number of nitrogens with zero attached hydrogens (tertiary/aromatic N) is 5. The van der Waals surface area contributed by atoms with E-state index in [0.29, 0.717) is 10.9 Å². The third-order valence-electron chi connectivity index (χ3n) is 4.32. The van der Waals surface area contributed by atoms with Crippen LogP contribution < -0.4 is 15.1 Å². The van der Waals surface area contributed by atoms with Crippen molar-refractivity contribution in [1.82, 2.24) is 9.97 Å². The van der Waals surface area contributed by atoms with E-state index in [2.05, 4.69) is 37.7 Å². The second-order valence-electron chi connectivity index (χ2n) is 6.92. The number of aromatic nitrogens is 2. The standard InChI is InChI=1S/C19H20N5O2.C5H5.Fe/c1-12(25)20-18-16-10-15(24(3)11-14-6-4-5-7-14)8-9-17(16)22-19(23-18)21-13(2)26;1-2-4-5-3-1;/h4-10H,11H2,1-3H3,(H2,20,21,22,23,25,26);1-5H;/q;;+2/p-2. The molecule has 2 aliphatic carbocycles. The molecule has 2 saturated carbocycles. The van der Waals surface area contributed by atoms with E-state index in [0.717, 1.165) is 12.2 Å². The summed E-state index contributed by atoms with van der Waals surface area (Å²) in [6.45, 7) is 3.41. The molecular weight excluding hydrogens is 446 g/mol. The number of hydrogen-bond acceptors (Lipinski definition) is 7. The molecule has 0 aliphatic heterocycles. The SMILES string of the molecule is CC([O-])=Nc1nc(/N=C(/C)[O-])nc2ccc(N(C)C[C]3[CH][CH][CH][CH]3)cc12.[CH]1[CH][CH][CH][CH]1.[Fe+2]. The zero-order valence-corrected chi connectivity index (χ0v) is 19.1. The molecule has 2 aliphatic rings. The Bertz CT molecular complexity index is 922. The van der Waals surface area contributed by atoms with Gasteiger partial charge in [0.2, 0.25) is 0 Å². The van der Waals surface area contributed by atoms with Crippen LogP contribution in [0.15, 0.2) is 28.2 Å². The van der Waals surface area contributed by atoms with E-state index in [4.69, 9.17) is 0 Å². The maximum absolute atomic E-state index is 11.5. The molecule has 8 heteroatoms. The van der Waals surface area contributed by atoms with Crippen LogP contribution in [0.1, 0.15) is 13.8 Å². The fourth-order valence-corrected chi connectivity index (χ4v) is 2.96. The van der Waals surface area contributed by atoms with Crippen LogP contribution in [0, 0.1) is 63.7 Å². The molecule has 1 aromatic carbocycles. The third-order valence-corrected chi connectivity index (χ3v) is 4.32. The first-order chi connectivity index (χ1) is 14.9. The van der Waals surface area contributed by atoms with Crippen LogP contribution in [0.4, 0.5) is 17.5 Å². The Morgan fingerprint density at radius 1 is 0.875 bits per heavy atom. The topological polar surface area (TPSA) is 99.9 Å². The van der Waals surface area contributed by atoms with Gasteiger partial charge in [-0.25, -0.2) is 15.0 Å². The van der Waals surface area contributed by atoms with Crippen molar-refractivity contribution in [2.24, 2.45) is 9.98 Å². The molecule has 0 N–H and O–H groups in total. The average molecular weight is 469 g/mol. The second kappa shape index (κ2) is 12.8. The van der Waals surface area contributed by atoms with E-state index in [1.165, 1.54) is 19.8 Å². The fourth-order valence-electron chi connectivity index (χ4n) is 2.96. The average Bonchev–Trinajstić information content (AvgIpc) is 3.43. The number of aliphatic imine (C=N–C) groups is 2. The second-order valence-corrected chi connectivity index (χ2v) is 6.92. The summed E-state index contributed by atoms with van der Waals surface area (Å²) in [5.74, 6) is 0.626. The summed E-state index contributed by atoms with van der Waals surface area (Å²) in [6.07, 6.45) is 18.1. The first kappa shape index (κ1) is 26.1. The number of hydrogen-bond donors (Lipinski definition) is 0. The minimum absolute atomic E-state index is 0. The summed E-state index contributed by atoms with van der Waals surface area (Å²) in [6, 6.07) is 5.62. The molecule has 0 spiro atoms. The van der Waals surface area contributed by atoms with Gasteiger partial charge in [-0.1, -0.05) is 0 Å². The number of benzene rings is 1. The van der Waals surface area contributed by atoms with Gasteiger partial charge in [-0.2, -0.15) is 4.98 Å². The fraction of sp³-hybridized carbons (Fsp3) is 0.167. The van der Waals surface area contributed by atoms with Crippen LogP contribution in [0.25, 0.3) is 10.9 Å². The molecule has 10 radical (unpaired) electrons. The molecule has 4 rings (SSSR count). The number of fused-ring (bicyclic) bond motifs is 1. The summed E-state index contributed by atoms with van der Waals surface area (Å²) in [4.78, 5) is 18.2. The van der Waals surface area contributed by atoms with E-state index in [1.807, 2.05) is 70.2 Å². The molecule has 0 bridgehead atoms. The molecule has 0 saturated heterocycles. The van der Waals surface area contributed by atoms with Crippen molar-refractivity contribution >= 4 is 40.2 Å². The predicted molar refractivity (Wildman–Crippen MR) is 120 cm³/mol. The predicted octanol–water partition coefficient (Wildman–Crippen LogP) is 2.31. The molecular formula is C24H23FeN5O2. The van der Waals surface area contributed by atoms with Gasteiger partial charge in [-0.3, -0.25) is 0 Å². The van der Waals surface area contributed by atoms with Crippen molar-refractivity contribution in [3.63, 3.8) is 0 Å². The van der Waals surface area contributed by atoms with Gasteiger partial charge in [-0.05, 0) is 102 Å².